The largest absolute Gasteiger partial charge is 0.493 e. The third-order valence-corrected chi connectivity index (χ3v) is 7.04. The zero-order valence-corrected chi connectivity index (χ0v) is 23.8. The molecule has 0 radical (unpaired) electrons. The molecule has 0 atom stereocenters. The molecule has 0 saturated heterocycles. The molecule has 44 heavy (non-hydrogen) atoms. The minimum atomic E-state index is -0.968. The summed E-state index contributed by atoms with van der Waals surface area (Å²) in [6.07, 6.45) is 2.50. The van der Waals surface area contributed by atoms with Gasteiger partial charge in [0.2, 0.25) is 5.75 Å². The number of hydrogen-bond donors (Lipinski definition) is 1. The Kier molecular flexibility index (Phi) is 7.39. The van der Waals surface area contributed by atoms with Gasteiger partial charge in [-0.25, -0.2) is 18.1 Å². The van der Waals surface area contributed by atoms with Crippen LogP contribution in [0, 0.1) is 11.6 Å². The molecule has 0 unspecified atom stereocenters. The van der Waals surface area contributed by atoms with E-state index in [1.807, 2.05) is 0 Å². The molecule has 5 aromatic rings. The Morgan fingerprint density at radius 2 is 1.73 bits per heavy atom. The van der Waals surface area contributed by atoms with Crippen LogP contribution >= 0.6 is 11.6 Å². The first kappa shape index (κ1) is 28.7. The number of fused-ring (bicyclic) bond motifs is 3. The molecule has 3 aromatic carbocycles. The number of methoxy groups -OCH3 is 1. The van der Waals surface area contributed by atoms with Gasteiger partial charge >= 0.3 is 5.69 Å². The lowest BCUT2D eigenvalue weighted by molar-refractivity contribution is 0.102. The lowest BCUT2D eigenvalue weighted by atomic mass is 10.1. The quantitative estimate of drug-likeness (QED) is 0.285. The summed E-state index contributed by atoms with van der Waals surface area (Å²) in [5.41, 5.74) is -1.84. The number of carbonyl (C=O) groups is 1. The summed E-state index contributed by atoms with van der Waals surface area (Å²) >= 11 is 6.40. The van der Waals surface area contributed by atoms with Gasteiger partial charge < -0.3 is 28.8 Å². The number of pyridine rings is 1. The summed E-state index contributed by atoms with van der Waals surface area (Å²) in [6, 6.07) is 9.83. The van der Waals surface area contributed by atoms with Crippen LogP contribution in [-0.4, -0.2) is 40.3 Å². The van der Waals surface area contributed by atoms with Crippen LogP contribution < -0.4 is 35.5 Å². The van der Waals surface area contributed by atoms with Crippen molar-refractivity contribution in [3.05, 3.63) is 104 Å². The van der Waals surface area contributed by atoms with E-state index in [-0.39, 0.29) is 34.5 Å². The van der Waals surface area contributed by atoms with Crippen molar-refractivity contribution in [2.75, 3.05) is 25.6 Å². The fourth-order valence-electron chi connectivity index (χ4n) is 4.66. The fraction of sp³-hybridized carbons (Fsp3) is 0.133. The second-order valence-corrected chi connectivity index (χ2v) is 9.92. The van der Waals surface area contributed by atoms with Gasteiger partial charge in [-0.3, -0.25) is 14.6 Å². The topological polar surface area (TPSA) is 123 Å². The zero-order valence-electron chi connectivity index (χ0n) is 23.0. The van der Waals surface area contributed by atoms with E-state index in [0.29, 0.717) is 34.8 Å². The number of anilines is 1. The number of carbonyl (C=O) groups excluding carboxylic acids is 1. The Bertz CT molecular complexity index is 2080. The molecular formula is C30H21ClF2N4O7. The first-order valence-corrected chi connectivity index (χ1v) is 13.4. The number of aryl methyl sites for hydroxylation is 1. The highest BCUT2D eigenvalue weighted by atomic mass is 35.5. The molecule has 0 spiro atoms. The number of halogens is 3. The van der Waals surface area contributed by atoms with Gasteiger partial charge in [0, 0.05) is 37.6 Å². The summed E-state index contributed by atoms with van der Waals surface area (Å²) in [7, 11) is 2.82. The van der Waals surface area contributed by atoms with E-state index in [0.717, 1.165) is 39.6 Å². The molecule has 6 rings (SSSR count). The number of nitrogens with one attached hydrogen (secondary N) is 1. The molecule has 0 fully saturated rings. The van der Waals surface area contributed by atoms with Gasteiger partial charge in [-0.1, -0.05) is 11.6 Å². The van der Waals surface area contributed by atoms with Crippen molar-refractivity contribution in [2.45, 2.75) is 0 Å². The fourth-order valence-corrected chi connectivity index (χ4v) is 4.87. The number of rotatable bonds is 6. The SMILES string of the molecule is COc1cc2nccc(Oc3cc(Cl)c(NC(=O)c4cn(C)c(=O)n(-c5ccc(F)cc5)c4=O)cc3F)c2c2c1OCCO2. The van der Waals surface area contributed by atoms with E-state index in [2.05, 4.69) is 10.3 Å². The smallest absolute Gasteiger partial charge is 0.335 e. The maximum Gasteiger partial charge on any atom is 0.335 e. The average molecular weight is 623 g/mol. The van der Waals surface area contributed by atoms with Crippen molar-refractivity contribution in [1.29, 1.82) is 0 Å². The number of ether oxygens (including phenoxy) is 4. The van der Waals surface area contributed by atoms with Gasteiger partial charge in [0.05, 0.1) is 34.4 Å². The molecule has 1 aliphatic rings. The van der Waals surface area contributed by atoms with Crippen molar-refractivity contribution in [1.82, 2.24) is 14.1 Å². The number of nitrogens with zero attached hydrogens (tertiary/aromatic N) is 3. The standard InChI is InChI=1S/C30H21ClF2N4O7/c1-36-14-17(29(39)37(30(36)40)16-5-3-15(32)4-6-16)28(38)35-20-12-19(33)23(11-18(20)31)44-22-7-8-34-21-13-24(41-2)26-27(25(21)22)43-10-9-42-26/h3-8,11-14H,9-10H2,1-2H3,(H,35,38). The third kappa shape index (κ3) is 5.07. The zero-order chi connectivity index (χ0) is 31.1. The van der Waals surface area contributed by atoms with E-state index in [4.69, 9.17) is 30.5 Å². The molecule has 14 heteroatoms. The van der Waals surface area contributed by atoms with Gasteiger partial charge in [0.15, 0.2) is 23.1 Å². The highest BCUT2D eigenvalue weighted by Gasteiger charge is 2.25. The highest BCUT2D eigenvalue weighted by Crippen LogP contribution is 2.48. The Hall–Kier alpha value is -5.43. The summed E-state index contributed by atoms with van der Waals surface area (Å²) in [5.74, 6) is -1.41. The summed E-state index contributed by atoms with van der Waals surface area (Å²) in [4.78, 5) is 43.3. The molecular weight excluding hydrogens is 602 g/mol. The van der Waals surface area contributed by atoms with Crippen LogP contribution in [0.3, 0.4) is 0 Å². The number of aromatic nitrogens is 3. The summed E-state index contributed by atoms with van der Waals surface area (Å²) < 4.78 is 53.4. The molecule has 0 aliphatic carbocycles. The molecule has 1 aliphatic heterocycles. The Labute approximate surface area is 251 Å². The number of amides is 1. The average Bonchev–Trinajstić information content (AvgIpc) is 3.01. The maximum absolute atomic E-state index is 15.4. The van der Waals surface area contributed by atoms with E-state index in [1.54, 1.807) is 6.07 Å². The van der Waals surface area contributed by atoms with Crippen molar-refractivity contribution in [2.24, 2.45) is 7.05 Å². The third-order valence-electron chi connectivity index (χ3n) is 6.73. The molecule has 3 heterocycles. The van der Waals surface area contributed by atoms with Gasteiger partial charge in [0.1, 0.15) is 30.3 Å². The molecule has 2 aromatic heterocycles. The van der Waals surface area contributed by atoms with Gasteiger partial charge in [-0.2, -0.15) is 0 Å². The van der Waals surface area contributed by atoms with Crippen molar-refractivity contribution < 1.29 is 32.5 Å². The van der Waals surface area contributed by atoms with E-state index >= 15 is 4.39 Å². The second kappa shape index (κ2) is 11.3. The number of hydrogen-bond acceptors (Lipinski definition) is 8. The van der Waals surface area contributed by atoms with E-state index < -0.39 is 34.4 Å². The van der Waals surface area contributed by atoms with Gasteiger partial charge in [-0.05, 0) is 30.3 Å². The molecule has 0 saturated carbocycles. The van der Waals surface area contributed by atoms with Crippen molar-refractivity contribution in [3.63, 3.8) is 0 Å². The Morgan fingerprint density at radius 3 is 2.45 bits per heavy atom. The van der Waals surface area contributed by atoms with Crippen LogP contribution in [0.5, 0.6) is 28.7 Å². The van der Waals surface area contributed by atoms with Crippen LogP contribution in [0.1, 0.15) is 10.4 Å². The van der Waals surface area contributed by atoms with Crippen molar-refractivity contribution in [3.8, 4) is 34.4 Å². The summed E-state index contributed by atoms with van der Waals surface area (Å²) in [5, 5.41) is 2.71. The second-order valence-electron chi connectivity index (χ2n) is 9.51. The van der Waals surface area contributed by atoms with E-state index in [1.165, 1.54) is 38.6 Å². The predicted molar refractivity (Wildman–Crippen MR) is 156 cm³/mol. The Morgan fingerprint density at radius 1 is 1.00 bits per heavy atom. The molecule has 1 N–H and O–H groups in total. The summed E-state index contributed by atoms with van der Waals surface area (Å²) in [6.45, 7) is 0.574. The first-order valence-electron chi connectivity index (χ1n) is 13.0. The normalized spacial score (nSPS) is 12.2. The van der Waals surface area contributed by atoms with E-state index in [9.17, 15) is 18.8 Å². The lowest BCUT2D eigenvalue weighted by Crippen LogP contribution is -2.41. The van der Waals surface area contributed by atoms with Crippen molar-refractivity contribution >= 4 is 34.1 Å². The molecule has 11 nitrogen and oxygen atoms in total. The highest BCUT2D eigenvalue weighted by molar-refractivity contribution is 6.34. The first-order chi connectivity index (χ1) is 21.2. The maximum atomic E-state index is 15.4. The van der Waals surface area contributed by atoms with Gasteiger partial charge in [0.25, 0.3) is 11.5 Å². The minimum absolute atomic E-state index is 0.0533. The van der Waals surface area contributed by atoms with Crippen LogP contribution in [-0.2, 0) is 7.05 Å². The minimum Gasteiger partial charge on any atom is -0.493 e. The predicted octanol–water partition coefficient (Wildman–Crippen LogP) is 4.84. The molecule has 224 valence electrons. The van der Waals surface area contributed by atoms with Crippen LogP contribution in [0.2, 0.25) is 5.02 Å². The van der Waals surface area contributed by atoms with Gasteiger partial charge in [-0.15, -0.1) is 0 Å². The Balaban J connectivity index is 1.33. The van der Waals surface area contributed by atoms with Crippen LogP contribution in [0.25, 0.3) is 16.6 Å². The molecule has 0 bridgehead atoms. The monoisotopic (exact) mass is 622 g/mol. The molecule has 1 amide bonds. The van der Waals surface area contributed by atoms with Crippen LogP contribution in [0.15, 0.2) is 70.5 Å². The number of benzene rings is 3. The lowest BCUT2D eigenvalue weighted by Gasteiger charge is -2.23. The van der Waals surface area contributed by atoms with Crippen LogP contribution in [0.4, 0.5) is 14.5 Å².